The van der Waals surface area contributed by atoms with Crippen molar-refractivity contribution in [2.45, 2.75) is 25.4 Å². The number of halogens is 3. The molecule has 1 aliphatic heterocycles. The molecule has 25 heavy (non-hydrogen) atoms. The number of nitrogens with zero attached hydrogens (tertiary/aromatic N) is 1. The van der Waals surface area contributed by atoms with Gasteiger partial charge in [-0.1, -0.05) is 0 Å². The van der Waals surface area contributed by atoms with Gasteiger partial charge in [-0.3, -0.25) is 9.59 Å². The second kappa shape index (κ2) is 8.44. The second-order valence-electron chi connectivity index (χ2n) is 6.06. The van der Waals surface area contributed by atoms with Gasteiger partial charge in [-0.15, -0.1) is 0 Å². The number of hydrogen-bond acceptors (Lipinski definition) is 4. The maximum atomic E-state index is 13.8. The van der Waals surface area contributed by atoms with E-state index >= 15 is 0 Å². The van der Waals surface area contributed by atoms with Crippen molar-refractivity contribution in [3.63, 3.8) is 0 Å². The lowest BCUT2D eigenvalue weighted by Gasteiger charge is -2.32. The summed E-state index contributed by atoms with van der Waals surface area (Å²) in [6.45, 7) is 0.835. The quantitative estimate of drug-likeness (QED) is 0.789. The number of Topliss-reactive ketones (excluding diaryl/α,β-unsaturated/α-hetero) is 1. The molecule has 8 heteroatoms. The van der Waals surface area contributed by atoms with Gasteiger partial charge in [0.05, 0.1) is 18.1 Å². The Bertz CT molecular complexity index is 619. The number of ether oxygens (including phenoxy) is 1. The van der Waals surface area contributed by atoms with Gasteiger partial charge in [-0.05, 0) is 12.8 Å². The van der Waals surface area contributed by atoms with Crippen LogP contribution >= 0.6 is 0 Å². The number of hydrogen-bond donors (Lipinski definition) is 1. The van der Waals surface area contributed by atoms with Gasteiger partial charge >= 0.3 is 0 Å². The molecule has 0 bridgehead atoms. The molecule has 0 aromatic heterocycles. The van der Waals surface area contributed by atoms with E-state index in [1.807, 2.05) is 0 Å². The molecule has 0 saturated carbocycles. The average Bonchev–Trinajstić information content (AvgIpc) is 2.58. The summed E-state index contributed by atoms with van der Waals surface area (Å²) < 4.78 is 45.5. The lowest BCUT2D eigenvalue weighted by atomic mass is 9.88. The minimum absolute atomic E-state index is 0.137. The van der Waals surface area contributed by atoms with Crippen LogP contribution in [-0.4, -0.2) is 49.4 Å². The maximum Gasteiger partial charge on any atom is 0.225 e. The molecule has 0 spiro atoms. The van der Waals surface area contributed by atoms with Crippen molar-refractivity contribution in [2.24, 2.45) is 11.7 Å². The van der Waals surface area contributed by atoms with Crippen LogP contribution in [0.5, 0.6) is 0 Å². The fourth-order valence-electron chi connectivity index (χ4n) is 2.96. The van der Waals surface area contributed by atoms with Gasteiger partial charge in [0, 0.05) is 44.8 Å². The van der Waals surface area contributed by atoms with Gasteiger partial charge in [0.25, 0.3) is 0 Å². The van der Waals surface area contributed by atoms with Crippen LogP contribution in [0.3, 0.4) is 0 Å². The molecule has 1 unspecified atom stereocenters. The van der Waals surface area contributed by atoms with Crippen molar-refractivity contribution in [1.29, 1.82) is 0 Å². The molecule has 0 radical (unpaired) electrons. The molecule has 1 aromatic rings. The van der Waals surface area contributed by atoms with E-state index in [-0.39, 0.29) is 25.0 Å². The van der Waals surface area contributed by atoms with Crippen molar-refractivity contribution < 1.29 is 27.5 Å². The van der Waals surface area contributed by atoms with Gasteiger partial charge < -0.3 is 15.4 Å². The van der Waals surface area contributed by atoms with Crippen molar-refractivity contribution in [1.82, 2.24) is 4.90 Å². The molecule has 1 amide bonds. The number of methoxy groups -OCH3 is 1. The average molecular weight is 358 g/mol. The third-order valence-electron chi connectivity index (χ3n) is 4.47. The summed E-state index contributed by atoms with van der Waals surface area (Å²) in [6, 6.07) is 0.985. The van der Waals surface area contributed by atoms with E-state index in [1.54, 1.807) is 4.90 Å². The van der Waals surface area contributed by atoms with Gasteiger partial charge in [-0.25, -0.2) is 13.2 Å². The molecule has 2 N–H and O–H groups in total. The van der Waals surface area contributed by atoms with Crippen LogP contribution in [0.4, 0.5) is 13.2 Å². The van der Waals surface area contributed by atoms with E-state index in [0.717, 1.165) is 0 Å². The van der Waals surface area contributed by atoms with Crippen LogP contribution in [0.1, 0.15) is 29.6 Å². The first-order chi connectivity index (χ1) is 11.9. The number of rotatable bonds is 6. The molecule has 1 heterocycles. The molecular weight excluding hydrogens is 337 g/mol. The fraction of sp³-hybridized carbons (Fsp3) is 0.529. The normalized spacial score (nSPS) is 16.8. The Hall–Kier alpha value is -1.93. The molecule has 1 aliphatic rings. The topological polar surface area (TPSA) is 72.6 Å². The van der Waals surface area contributed by atoms with Crippen molar-refractivity contribution in [3.8, 4) is 0 Å². The molecule has 1 fully saturated rings. The zero-order chi connectivity index (χ0) is 18.6. The van der Waals surface area contributed by atoms with Gasteiger partial charge in [0.15, 0.2) is 5.78 Å². The predicted octanol–water partition coefficient (Wildman–Crippen LogP) is 1.89. The lowest BCUT2D eigenvalue weighted by Crippen LogP contribution is -2.42. The van der Waals surface area contributed by atoms with Crippen LogP contribution in [0.15, 0.2) is 12.1 Å². The van der Waals surface area contributed by atoms with Crippen LogP contribution < -0.4 is 5.73 Å². The molecule has 2 rings (SSSR count). The molecule has 5 nitrogen and oxygen atoms in total. The molecule has 1 atom stereocenters. The molecule has 138 valence electrons. The van der Waals surface area contributed by atoms with Crippen LogP contribution in [-0.2, 0) is 9.53 Å². The van der Waals surface area contributed by atoms with E-state index in [0.29, 0.717) is 38.1 Å². The van der Waals surface area contributed by atoms with E-state index in [2.05, 4.69) is 0 Å². The zero-order valence-corrected chi connectivity index (χ0v) is 13.9. The van der Waals surface area contributed by atoms with Gasteiger partial charge in [-0.2, -0.15) is 0 Å². The van der Waals surface area contributed by atoms with Crippen molar-refractivity contribution in [2.75, 3.05) is 26.7 Å². The fourth-order valence-corrected chi connectivity index (χ4v) is 2.96. The minimum atomic E-state index is -1.20. The molecular formula is C17H21F3N2O3. The minimum Gasteiger partial charge on any atom is -0.380 e. The number of carbonyl (C=O) groups excluding carboxylic acids is 2. The number of ketones is 1. The Morgan fingerprint density at radius 1 is 1.24 bits per heavy atom. The van der Waals surface area contributed by atoms with Crippen molar-refractivity contribution in [3.05, 3.63) is 35.1 Å². The van der Waals surface area contributed by atoms with Crippen LogP contribution in [0.25, 0.3) is 0 Å². The van der Waals surface area contributed by atoms with E-state index in [4.69, 9.17) is 10.5 Å². The number of nitrogens with two attached hydrogens (primary N) is 1. The number of likely N-dealkylation sites (tertiary alicyclic amines) is 1. The third kappa shape index (κ3) is 4.58. The maximum absolute atomic E-state index is 13.8. The first kappa shape index (κ1) is 19.4. The largest absolute Gasteiger partial charge is 0.380 e. The molecule has 1 saturated heterocycles. The number of amides is 1. The summed E-state index contributed by atoms with van der Waals surface area (Å²) in [4.78, 5) is 26.1. The Morgan fingerprint density at radius 2 is 1.80 bits per heavy atom. The summed E-state index contributed by atoms with van der Waals surface area (Å²) in [7, 11) is 1.47. The van der Waals surface area contributed by atoms with Gasteiger partial charge in [0.1, 0.15) is 17.5 Å². The number of benzene rings is 1. The summed E-state index contributed by atoms with van der Waals surface area (Å²) in [6.07, 6.45) is 0.365. The van der Waals surface area contributed by atoms with Crippen LogP contribution in [0.2, 0.25) is 0 Å². The SMILES string of the molecule is COC(CN)CC(=O)N1CCC(C(=O)c2c(F)cc(F)cc2F)CC1. The highest BCUT2D eigenvalue weighted by atomic mass is 19.1. The summed E-state index contributed by atoms with van der Waals surface area (Å²) in [5.74, 6) is -4.91. The van der Waals surface area contributed by atoms with E-state index in [9.17, 15) is 22.8 Å². The van der Waals surface area contributed by atoms with Gasteiger partial charge in [0.2, 0.25) is 5.91 Å². The standard InChI is InChI=1S/C17H21F3N2O3/c1-25-12(9-21)8-15(23)22-4-2-10(3-5-22)17(24)16-13(19)6-11(18)7-14(16)20/h6-7,10,12H,2-5,8-9,21H2,1H3. The summed E-state index contributed by atoms with van der Waals surface area (Å²) in [5, 5.41) is 0. The smallest absolute Gasteiger partial charge is 0.225 e. The summed E-state index contributed by atoms with van der Waals surface area (Å²) >= 11 is 0. The monoisotopic (exact) mass is 358 g/mol. The van der Waals surface area contributed by atoms with E-state index < -0.39 is 34.7 Å². The molecule has 0 aliphatic carbocycles. The first-order valence-corrected chi connectivity index (χ1v) is 8.06. The van der Waals surface area contributed by atoms with Crippen LogP contribution in [0, 0.1) is 23.4 Å². The first-order valence-electron chi connectivity index (χ1n) is 8.06. The zero-order valence-electron chi connectivity index (χ0n) is 13.9. The van der Waals surface area contributed by atoms with Crippen molar-refractivity contribution >= 4 is 11.7 Å². The summed E-state index contributed by atoms with van der Waals surface area (Å²) in [5.41, 5.74) is 4.77. The highest BCUT2D eigenvalue weighted by Gasteiger charge is 2.31. The predicted molar refractivity (Wildman–Crippen MR) is 84.4 cm³/mol. The Morgan fingerprint density at radius 3 is 2.28 bits per heavy atom. The lowest BCUT2D eigenvalue weighted by molar-refractivity contribution is -0.134. The Labute approximate surface area is 143 Å². The highest BCUT2D eigenvalue weighted by molar-refractivity contribution is 5.98. The number of carbonyl (C=O) groups is 2. The Balaban J connectivity index is 1.98. The number of piperidine rings is 1. The Kier molecular flexibility index (Phi) is 6.55. The molecule has 1 aromatic carbocycles. The third-order valence-corrected chi connectivity index (χ3v) is 4.47. The second-order valence-corrected chi connectivity index (χ2v) is 6.06. The highest BCUT2D eigenvalue weighted by Crippen LogP contribution is 2.25. The van der Waals surface area contributed by atoms with E-state index in [1.165, 1.54) is 7.11 Å².